The van der Waals surface area contributed by atoms with Gasteiger partial charge in [-0.25, -0.2) is 0 Å². The predicted molar refractivity (Wildman–Crippen MR) is 81.3 cm³/mol. The molecule has 1 fully saturated rings. The second kappa shape index (κ2) is 5.72. The normalized spacial score (nSPS) is 20.2. The number of nitrogens with zero attached hydrogens (tertiary/aromatic N) is 1. The van der Waals surface area contributed by atoms with E-state index in [1.54, 1.807) is 0 Å². The molecule has 1 saturated heterocycles. The molecule has 0 bridgehead atoms. The molecule has 0 aromatic heterocycles. The van der Waals surface area contributed by atoms with Crippen LogP contribution in [0, 0.1) is 5.92 Å². The molecular formula is C17H22N2. The lowest BCUT2D eigenvalue weighted by Crippen LogP contribution is -2.24. The number of benzene rings is 2. The fraction of sp³-hybridized carbons (Fsp3) is 0.412. The van der Waals surface area contributed by atoms with Gasteiger partial charge in [-0.05, 0) is 54.9 Å². The number of hydrogen-bond donors (Lipinski definition) is 1. The molecule has 1 aliphatic heterocycles. The lowest BCUT2D eigenvalue weighted by atomic mass is 10.1. The molecule has 1 atom stereocenters. The van der Waals surface area contributed by atoms with Crippen LogP contribution in [0.2, 0.25) is 0 Å². The Bertz CT molecular complexity index is 550. The quantitative estimate of drug-likeness (QED) is 0.902. The van der Waals surface area contributed by atoms with E-state index in [-0.39, 0.29) is 0 Å². The first-order valence-electron chi connectivity index (χ1n) is 7.20. The highest BCUT2D eigenvalue weighted by molar-refractivity contribution is 5.82. The summed E-state index contributed by atoms with van der Waals surface area (Å²) in [7, 11) is 2.05. The topological polar surface area (TPSA) is 15.3 Å². The molecule has 100 valence electrons. The molecule has 0 saturated carbocycles. The van der Waals surface area contributed by atoms with Gasteiger partial charge in [0.1, 0.15) is 0 Å². The Balaban J connectivity index is 1.68. The van der Waals surface area contributed by atoms with Gasteiger partial charge in [0.2, 0.25) is 0 Å². The molecule has 3 rings (SSSR count). The lowest BCUT2D eigenvalue weighted by molar-refractivity contribution is 0.315. The summed E-state index contributed by atoms with van der Waals surface area (Å²) in [5.74, 6) is 0.824. The second-order valence-corrected chi connectivity index (χ2v) is 5.63. The van der Waals surface area contributed by atoms with Crippen LogP contribution in [-0.4, -0.2) is 31.6 Å². The lowest BCUT2D eigenvalue weighted by Gasteiger charge is -2.16. The van der Waals surface area contributed by atoms with Crippen molar-refractivity contribution in [1.29, 1.82) is 0 Å². The van der Waals surface area contributed by atoms with E-state index in [1.807, 2.05) is 7.05 Å². The van der Waals surface area contributed by atoms with Gasteiger partial charge in [0.15, 0.2) is 0 Å². The molecule has 19 heavy (non-hydrogen) atoms. The van der Waals surface area contributed by atoms with Crippen LogP contribution in [0.4, 0.5) is 0 Å². The van der Waals surface area contributed by atoms with Gasteiger partial charge in [-0.3, -0.25) is 4.90 Å². The average Bonchev–Trinajstić information content (AvgIpc) is 2.86. The molecule has 2 heteroatoms. The van der Waals surface area contributed by atoms with Crippen LogP contribution in [0.5, 0.6) is 0 Å². The van der Waals surface area contributed by atoms with E-state index >= 15 is 0 Å². The maximum Gasteiger partial charge on any atom is 0.0234 e. The minimum absolute atomic E-state index is 0.824. The zero-order chi connectivity index (χ0) is 13.1. The minimum atomic E-state index is 0.824. The third-order valence-corrected chi connectivity index (χ3v) is 4.08. The van der Waals surface area contributed by atoms with E-state index in [0.717, 1.165) is 19.0 Å². The number of nitrogens with one attached hydrogen (secondary N) is 1. The largest absolute Gasteiger partial charge is 0.319 e. The molecule has 2 nitrogen and oxygen atoms in total. The Labute approximate surface area is 115 Å². The van der Waals surface area contributed by atoms with Crippen LogP contribution in [0.25, 0.3) is 10.8 Å². The van der Waals surface area contributed by atoms with Crippen molar-refractivity contribution in [2.45, 2.75) is 13.0 Å². The van der Waals surface area contributed by atoms with Crippen LogP contribution < -0.4 is 5.32 Å². The Morgan fingerprint density at radius 2 is 2.00 bits per heavy atom. The molecule has 1 heterocycles. The third-order valence-electron chi connectivity index (χ3n) is 4.08. The maximum absolute atomic E-state index is 3.29. The molecule has 0 amide bonds. The van der Waals surface area contributed by atoms with Gasteiger partial charge in [-0.1, -0.05) is 36.4 Å². The first kappa shape index (κ1) is 12.6. The van der Waals surface area contributed by atoms with Gasteiger partial charge in [-0.15, -0.1) is 0 Å². The molecule has 0 spiro atoms. The van der Waals surface area contributed by atoms with E-state index in [0.29, 0.717) is 0 Å². The van der Waals surface area contributed by atoms with Crippen LogP contribution in [0.1, 0.15) is 12.0 Å². The van der Waals surface area contributed by atoms with Crippen molar-refractivity contribution in [2.75, 3.05) is 26.7 Å². The summed E-state index contributed by atoms with van der Waals surface area (Å²) >= 11 is 0. The number of hydrogen-bond acceptors (Lipinski definition) is 2. The van der Waals surface area contributed by atoms with Gasteiger partial charge < -0.3 is 5.32 Å². The number of rotatable bonds is 4. The van der Waals surface area contributed by atoms with Crippen molar-refractivity contribution in [3.63, 3.8) is 0 Å². The van der Waals surface area contributed by atoms with Crippen molar-refractivity contribution in [2.24, 2.45) is 5.92 Å². The second-order valence-electron chi connectivity index (χ2n) is 5.63. The third kappa shape index (κ3) is 2.96. The molecule has 1 N–H and O–H groups in total. The number of likely N-dealkylation sites (tertiary alicyclic amines) is 1. The zero-order valence-electron chi connectivity index (χ0n) is 11.6. The van der Waals surface area contributed by atoms with E-state index < -0.39 is 0 Å². The van der Waals surface area contributed by atoms with Crippen molar-refractivity contribution >= 4 is 10.8 Å². The molecule has 1 unspecified atom stereocenters. The van der Waals surface area contributed by atoms with Crippen molar-refractivity contribution in [1.82, 2.24) is 10.2 Å². The Kier molecular flexibility index (Phi) is 3.81. The fourth-order valence-electron chi connectivity index (χ4n) is 3.11. The molecule has 0 radical (unpaired) electrons. The highest BCUT2D eigenvalue weighted by atomic mass is 15.1. The molecule has 2 aromatic carbocycles. The standard InChI is InChI=1S/C17H22N2/c1-18-11-15-8-9-19(13-15)12-14-6-7-16-4-2-3-5-17(16)10-14/h2-7,10,15,18H,8-9,11-13H2,1H3. The summed E-state index contributed by atoms with van der Waals surface area (Å²) < 4.78 is 0. The van der Waals surface area contributed by atoms with Crippen LogP contribution >= 0.6 is 0 Å². The summed E-state index contributed by atoms with van der Waals surface area (Å²) in [4.78, 5) is 2.58. The highest BCUT2D eigenvalue weighted by Crippen LogP contribution is 2.20. The van der Waals surface area contributed by atoms with Crippen LogP contribution in [0.15, 0.2) is 42.5 Å². The SMILES string of the molecule is CNCC1CCN(Cc2ccc3ccccc3c2)C1. The van der Waals surface area contributed by atoms with Crippen molar-refractivity contribution < 1.29 is 0 Å². The Hall–Kier alpha value is -1.38. The van der Waals surface area contributed by atoms with E-state index in [2.05, 4.69) is 52.7 Å². The Morgan fingerprint density at radius 1 is 1.16 bits per heavy atom. The summed E-state index contributed by atoms with van der Waals surface area (Å²) in [6, 6.07) is 15.4. The molecule has 0 aliphatic carbocycles. The summed E-state index contributed by atoms with van der Waals surface area (Å²) in [5.41, 5.74) is 1.43. The predicted octanol–water partition coefficient (Wildman–Crippen LogP) is 2.88. The summed E-state index contributed by atoms with van der Waals surface area (Å²) in [5, 5.41) is 5.98. The van der Waals surface area contributed by atoms with E-state index in [4.69, 9.17) is 0 Å². The maximum atomic E-state index is 3.29. The summed E-state index contributed by atoms with van der Waals surface area (Å²) in [6.45, 7) is 4.70. The molecular weight excluding hydrogens is 232 g/mol. The van der Waals surface area contributed by atoms with E-state index in [1.165, 1.54) is 35.8 Å². The first-order valence-corrected chi connectivity index (χ1v) is 7.20. The van der Waals surface area contributed by atoms with Crippen molar-refractivity contribution in [3.8, 4) is 0 Å². The van der Waals surface area contributed by atoms with Crippen LogP contribution in [0.3, 0.4) is 0 Å². The van der Waals surface area contributed by atoms with Crippen molar-refractivity contribution in [3.05, 3.63) is 48.0 Å². The van der Waals surface area contributed by atoms with E-state index in [9.17, 15) is 0 Å². The fourth-order valence-corrected chi connectivity index (χ4v) is 3.11. The number of fused-ring (bicyclic) bond motifs is 1. The minimum Gasteiger partial charge on any atom is -0.319 e. The highest BCUT2D eigenvalue weighted by Gasteiger charge is 2.21. The van der Waals surface area contributed by atoms with Crippen LogP contribution in [-0.2, 0) is 6.54 Å². The first-order chi connectivity index (χ1) is 9.35. The molecule has 2 aromatic rings. The Morgan fingerprint density at radius 3 is 2.84 bits per heavy atom. The van der Waals surface area contributed by atoms with Gasteiger partial charge in [0, 0.05) is 13.1 Å². The van der Waals surface area contributed by atoms with Gasteiger partial charge in [-0.2, -0.15) is 0 Å². The van der Waals surface area contributed by atoms with Gasteiger partial charge >= 0.3 is 0 Å². The smallest absolute Gasteiger partial charge is 0.0234 e. The molecule has 1 aliphatic rings. The average molecular weight is 254 g/mol. The van der Waals surface area contributed by atoms with Gasteiger partial charge in [0.05, 0.1) is 0 Å². The zero-order valence-corrected chi connectivity index (χ0v) is 11.6. The summed E-state index contributed by atoms with van der Waals surface area (Å²) in [6.07, 6.45) is 1.33. The van der Waals surface area contributed by atoms with Gasteiger partial charge in [0.25, 0.3) is 0 Å². The monoisotopic (exact) mass is 254 g/mol.